The highest BCUT2D eigenvalue weighted by Crippen LogP contribution is 2.18. The summed E-state index contributed by atoms with van der Waals surface area (Å²) in [5, 5.41) is 12.4. The Labute approximate surface area is 148 Å². The summed E-state index contributed by atoms with van der Waals surface area (Å²) in [6.07, 6.45) is 1.92. The van der Waals surface area contributed by atoms with E-state index in [-0.39, 0.29) is 0 Å². The third-order valence-corrected chi connectivity index (χ3v) is 5.29. The van der Waals surface area contributed by atoms with Gasteiger partial charge in [0.05, 0.1) is 16.4 Å². The first kappa shape index (κ1) is 18.4. The van der Waals surface area contributed by atoms with Gasteiger partial charge in [0, 0.05) is 49.7 Å². The molecule has 0 aliphatic carbocycles. The zero-order valence-electron chi connectivity index (χ0n) is 15.5. The van der Waals surface area contributed by atoms with Crippen molar-refractivity contribution < 1.29 is 0 Å². The first-order chi connectivity index (χ1) is 11.5. The van der Waals surface area contributed by atoms with Crippen molar-refractivity contribution in [2.75, 3.05) is 13.6 Å². The van der Waals surface area contributed by atoms with Crippen molar-refractivity contribution in [2.24, 2.45) is 12.0 Å². The molecule has 6 nitrogen and oxygen atoms in total. The normalized spacial score (nSPS) is 11.8. The Balaban J connectivity index is 1.84. The molecular formula is C17H28N6S. The molecule has 2 rings (SSSR count). The van der Waals surface area contributed by atoms with Gasteiger partial charge in [-0.15, -0.1) is 11.3 Å². The average Bonchev–Trinajstić information content (AvgIpc) is 3.03. The van der Waals surface area contributed by atoms with Gasteiger partial charge in [-0.2, -0.15) is 5.10 Å². The zero-order valence-corrected chi connectivity index (χ0v) is 16.3. The summed E-state index contributed by atoms with van der Waals surface area (Å²) in [4.78, 5) is 10.3. The van der Waals surface area contributed by atoms with Crippen LogP contribution < -0.4 is 10.6 Å². The van der Waals surface area contributed by atoms with Gasteiger partial charge in [0.25, 0.3) is 0 Å². The summed E-state index contributed by atoms with van der Waals surface area (Å²) in [5.41, 5.74) is 4.69. The van der Waals surface area contributed by atoms with E-state index in [1.54, 1.807) is 18.4 Å². The van der Waals surface area contributed by atoms with Gasteiger partial charge in [0.2, 0.25) is 0 Å². The summed E-state index contributed by atoms with van der Waals surface area (Å²) < 4.78 is 1.92. The molecule has 2 N–H and O–H groups in total. The number of nitrogens with zero attached hydrogens (tertiary/aromatic N) is 4. The van der Waals surface area contributed by atoms with E-state index in [0.717, 1.165) is 37.6 Å². The molecule has 0 unspecified atom stereocenters. The molecule has 0 radical (unpaired) electrons. The number of nitrogens with one attached hydrogen (secondary N) is 2. The van der Waals surface area contributed by atoms with Crippen LogP contribution in [0.2, 0.25) is 0 Å². The number of guanidine groups is 1. The van der Waals surface area contributed by atoms with Crippen LogP contribution in [0, 0.1) is 20.8 Å². The highest BCUT2D eigenvalue weighted by molar-refractivity contribution is 7.11. The Hall–Kier alpha value is -1.89. The molecule has 0 aromatic carbocycles. The fourth-order valence-corrected chi connectivity index (χ4v) is 3.70. The van der Waals surface area contributed by atoms with Crippen LogP contribution in [-0.2, 0) is 26.4 Å². The van der Waals surface area contributed by atoms with Crippen LogP contribution >= 0.6 is 11.3 Å². The van der Waals surface area contributed by atoms with E-state index < -0.39 is 0 Å². The molecule has 0 fully saturated rings. The van der Waals surface area contributed by atoms with Crippen LogP contribution in [0.4, 0.5) is 0 Å². The summed E-state index contributed by atoms with van der Waals surface area (Å²) in [5.74, 6) is 0.807. The number of thiazole rings is 1. The van der Waals surface area contributed by atoms with Crippen molar-refractivity contribution in [1.82, 2.24) is 25.4 Å². The molecule has 0 amide bonds. The van der Waals surface area contributed by atoms with Gasteiger partial charge >= 0.3 is 0 Å². The summed E-state index contributed by atoms with van der Waals surface area (Å²) in [6, 6.07) is 0. The zero-order chi connectivity index (χ0) is 17.7. The second-order valence-corrected chi connectivity index (χ2v) is 7.13. The Morgan fingerprint density at radius 3 is 2.54 bits per heavy atom. The van der Waals surface area contributed by atoms with Crippen molar-refractivity contribution in [2.45, 2.75) is 47.1 Å². The number of hydrogen-bond acceptors (Lipinski definition) is 4. The SMILES string of the molecule is CCc1nc(CCNC(=NC)NCc2c(C)nn(C)c2C)sc1C. The molecule has 0 aliphatic rings. The lowest BCUT2D eigenvalue weighted by molar-refractivity contribution is 0.728. The fraction of sp³-hybridized carbons (Fsp3) is 0.588. The lowest BCUT2D eigenvalue weighted by Gasteiger charge is -2.11. The molecule has 132 valence electrons. The monoisotopic (exact) mass is 348 g/mol. The van der Waals surface area contributed by atoms with E-state index in [9.17, 15) is 0 Å². The van der Waals surface area contributed by atoms with Crippen LogP contribution in [-0.4, -0.2) is 34.3 Å². The maximum absolute atomic E-state index is 4.68. The van der Waals surface area contributed by atoms with Crippen LogP contribution in [0.3, 0.4) is 0 Å². The minimum absolute atomic E-state index is 0.724. The van der Waals surface area contributed by atoms with E-state index in [1.807, 2.05) is 18.7 Å². The molecule has 0 spiro atoms. The molecule has 0 saturated heterocycles. The van der Waals surface area contributed by atoms with Gasteiger partial charge in [-0.1, -0.05) is 6.92 Å². The van der Waals surface area contributed by atoms with E-state index >= 15 is 0 Å². The van der Waals surface area contributed by atoms with Crippen LogP contribution in [0.1, 0.15) is 39.5 Å². The van der Waals surface area contributed by atoms with Crippen molar-refractivity contribution >= 4 is 17.3 Å². The topological polar surface area (TPSA) is 67.1 Å². The minimum Gasteiger partial charge on any atom is -0.356 e. The number of rotatable bonds is 6. The molecule has 0 aliphatic heterocycles. The van der Waals surface area contributed by atoms with Crippen molar-refractivity contribution in [3.63, 3.8) is 0 Å². The van der Waals surface area contributed by atoms with Gasteiger partial charge in [-0.25, -0.2) is 4.98 Å². The number of aliphatic imine (C=N–C) groups is 1. The highest BCUT2D eigenvalue weighted by atomic mass is 32.1. The Morgan fingerprint density at radius 1 is 1.25 bits per heavy atom. The molecule has 0 saturated carbocycles. The quantitative estimate of drug-likeness (QED) is 0.621. The molecule has 2 heterocycles. The summed E-state index contributed by atoms with van der Waals surface area (Å²) >= 11 is 1.79. The Bertz CT molecular complexity index is 713. The van der Waals surface area contributed by atoms with Gasteiger partial charge < -0.3 is 10.6 Å². The summed E-state index contributed by atoms with van der Waals surface area (Å²) in [6.45, 7) is 9.96. The lowest BCUT2D eigenvalue weighted by atomic mass is 10.2. The molecule has 0 atom stereocenters. The van der Waals surface area contributed by atoms with Crippen molar-refractivity contribution in [3.05, 3.63) is 32.5 Å². The fourth-order valence-electron chi connectivity index (χ4n) is 2.68. The van der Waals surface area contributed by atoms with E-state index in [4.69, 9.17) is 0 Å². The highest BCUT2D eigenvalue weighted by Gasteiger charge is 2.10. The largest absolute Gasteiger partial charge is 0.356 e. The van der Waals surface area contributed by atoms with Gasteiger partial charge in [0.1, 0.15) is 0 Å². The lowest BCUT2D eigenvalue weighted by Crippen LogP contribution is -2.38. The third kappa shape index (κ3) is 4.35. The van der Waals surface area contributed by atoms with Crippen LogP contribution in [0.5, 0.6) is 0 Å². The van der Waals surface area contributed by atoms with Crippen LogP contribution in [0.25, 0.3) is 0 Å². The predicted molar refractivity (Wildman–Crippen MR) is 101 cm³/mol. The Morgan fingerprint density at radius 2 is 2.00 bits per heavy atom. The molecule has 0 bridgehead atoms. The van der Waals surface area contributed by atoms with E-state index in [2.05, 4.69) is 46.5 Å². The predicted octanol–water partition coefficient (Wildman–Crippen LogP) is 2.27. The van der Waals surface area contributed by atoms with Crippen molar-refractivity contribution in [1.29, 1.82) is 0 Å². The average molecular weight is 349 g/mol. The second-order valence-electron chi connectivity index (χ2n) is 5.84. The smallest absolute Gasteiger partial charge is 0.191 e. The van der Waals surface area contributed by atoms with Gasteiger partial charge in [-0.05, 0) is 27.2 Å². The summed E-state index contributed by atoms with van der Waals surface area (Å²) in [7, 11) is 3.76. The maximum atomic E-state index is 4.68. The molecule has 7 heteroatoms. The van der Waals surface area contributed by atoms with Crippen molar-refractivity contribution in [3.8, 4) is 0 Å². The van der Waals surface area contributed by atoms with Gasteiger partial charge in [0.15, 0.2) is 5.96 Å². The maximum Gasteiger partial charge on any atom is 0.191 e. The first-order valence-corrected chi connectivity index (χ1v) is 9.16. The van der Waals surface area contributed by atoms with Crippen LogP contribution in [0.15, 0.2) is 4.99 Å². The molecule has 2 aromatic rings. The Kier molecular flexibility index (Phi) is 6.36. The number of hydrogen-bond donors (Lipinski definition) is 2. The molecule has 2 aromatic heterocycles. The molecular weight excluding hydrogens is 320 g/mol. The third-order valence-electron chi connectivity index (χ3n) is 4.22. The van der Waals surface area contributed by atoms with E-state index in [1.165, 1.54) is 26.8 Å². The number of aromatic nitrogens is 3. The standard InChI is InChI=1S/C17H28N6S/c1-7-15-13(4)24-16(21-15)8-9-19-17(18-5)20-10-14-11(2)22-23(6)12(14)3/h7-10H2,1-6H3,(H2,18,19,20). The van der Waals surface area contributed by atoms with E-state index in [0.29, 0.717) is 0 Å². The first-order valence-electron chi connectivity index (χ1n) is 8.35. The minimum atomic E-state index is 0.724. The second kappa shape index (κ2) is 8.28. The van der Waals surface area contributed by atoms with Gasteiger partial charge in [-0.3, -0.25) is 9.67 Å². The number of aryl methyl sites for hydroxylation is 4. The molecule has 24 heavy (non-hydrogen) atoms.